The van der Waals surface area contributed by atoms with Crippen molar-refractivity contribution in [2.24, 2.45) is 0 Å². The molecule has 0 saturated carbocycles. The summed E-state index contributed by atoms with van der Waals surface area (Å²) in [6.07, 6.45) is 2.60. The molecule has 0 fully saturated rings. The lowest BCUT2D eigenvalue weighted by molar-refractivity contribution is 0.458. The SMILES string of the molecule is CCC(C)c1ccc(Oc2ncnc(NC)c2Br)cc1. The zero-order valence-electron chi connectivity index (χ0n) is 11.9. The summed E-state index contributed by atoms with van der Waals surface area (Å²) in [7, 11) is 1.80. The first-order valence-electron chi connectivity index (χ1n) is 6.61. The minimum Gasteiger partial charge on any atom is -0.438 e. The molecule has 1 N–H and O–H groups in total. The maximum atomic E-state index is 5.78. The lowest BCUT2D eigenvalue weighted by Gasteiger charge is -2.11. The molecule has 1 aromatic carbocycles. The second-order valence-electron chi connectivity index (χ2n) is 4.57. The van der Waals surface area contributed by atoms with Crippen LogP contribution in [0.3, 0.4) is 0 Å². The number of nitrogens with zero attached hydrogens (tertiary/aromatic N) is 2. The maximum Gasteiger partial charge on any atom is 0.238 e. The van der Waals surface area contributed by atoms with Crippen LogP contribution in [0, 0.1) is 0 Å². The zero-order chi connectivity index (χ0) is 14.5. The Morgan fingerprint density at radius 1 is 1.25 bits per heavy atom. The Kier molecular flexibility index (Phi) is 4.95. The Bertz CT molecular complexity index is 572. The summed E-state index contributed by atoms with van der Waals surface area (Å²) >= 11 is 3.44. The fraction of sp³-hybridized carbons (Fsp3) is 0.333. The van der Waals surface area contributed by atoms with Crippen LogP contribution in [0.15, 0.2) is 35.1 Å². The van der Waals surface area contributed by atoms with Gasteiger partial charge in [0.25, 0.3) is 0 Å². The summed E-state index contributed by atoms with van der Waals surface area (Å²) in [4.78, 5) is 8.23. The van der Waals surface area contributed by atoms with Gasteiger partial charge in [0.15, 0.2) is 0 Å². The van der Waals surface area contributed by atoms with E-state index in [9.17, 15) is 0 Å². The quantitative estimate of drug-likeness (QED) is 0.868. The van der Waals surface area contributed by atoms with Gasteiger partial charge >= 0.3 is 0 Å². The van der Waals surface area contributed by atoms with Crippen LogP contribution in [0.1, 0.15) is 31.7 Å². The topological polar surface area (TPSA) is 47.0 Å². The van der Waals surface area contributed by atoms with Gasteiger partial charge in [-0.1, -0.05) is 26.0 Å². The molecule has 0 aliphatic heterocycles. The van der Waals surface area contributed by atoms with Gasteiger partial charge in [-0.2, -0.15) is 0 Å². The minimum absolute atomic E-state index is 0.501. The van der Waals surface area contributed by atoms with E-state index in [-0.39, 0.29) is 0 Å². The summed E-state index contributed by atoms with van der Waals surface area (Å²) < 4.78 is 6.50. The first-order valence-corrected chi connectivity index (χ1v) is 7.41. The molecule has 0 aliphatic rings. The highest BCUT2D eigenvalue weighted by Crippen LogP contribution is 2.32. The van der Waals surface area contributed by atoms with Crippen LogP contribution in [0.5, 0.6) is 11.6 Å². The van der Waals surface area contributed by atoms with E-state index >= 15 is 0 Å². The molecule has 1 heterocycles. The summed E-state index contributed by atoms with van der Waals surface area (Å²) in [5.41, 5.74) is 1.32. The molecule has 0 aliphatic carbocycles. The van der Waals surface area contributed by atoms with Crippen LogP contribution in [-0.4, -0.2) is 17.0 Å². The van der Waals surface area contributed by atoms with Gasteiger partial charge in [-0.15, -0.1) is 0 Å². The highest BCUT2D eigenvalue weighted by atomic mass is 79.9. The first kappa shape index (κ1) is 14.8. The molecular formula is C15H18BrN3O. The van der Waals surface area contributed by atoms with Gasteiger partial charge in [-0.25, -0.2) is 9.97 Å². The molecule has 4 nitrogen and oxygen atoms in total. The molecule has 2 aromatic rings. The van der Waals surface area contributed by atoms with E-state index in [0.717, 1.165) is 12.2 Å². The summed E-state index contributed by atoms with van der Waals surface area (Å²) in [5.74, 6) is 2.52. The number of rotatable bonds is 5. The average molecular weight is 336 g/mol. The number of hydrogen-bond donors (Lipinski definition) is 1. The number of anilines is 1. The van der Waals surface area contributed by atoms with E-state index in [1.165, 1.54) is 11.9 Å². The van der Waals surface area contributed by atoms with Crippen molar-refractivity contribution in [3.8, 4) is 11.6 Å². The summed E-state index contributed by atoms with van der Waals surface area (Å²) in [5, 5.41) is 2.98. The van der Waals surface area contributed by atoms with Crippen LogP contribution in [0.4, 0.5) is 5.82 Å². The molecule has 0 radical (unpaired) electrons. The van der Waals surface area contributed by atoms with Crippen molar-refractivity contribution in [1.82, 2.24) is 9.97 Å². The molecule has 0 saturated heterocycles. The van der Waals surface area contributed by atoms with Crippen molar-refractivity contribution >= 4 is 21.7 Å². The van der Waals surface area contributed by atoms with Crippen molar-refractivity contribution in [3.63, 3.8) is 0 Å². The van der Waals surface area contributed by atoms with Gasteiger partial charge in [0.05, 0.1) is 0 Å². The van der Waals surface area contributed by atoms with Crippen molar-refractivity contribution in [2.45, 2.75) is 26.2 Å². The third-order valence-electron chi connectivity index (χ3n) is 3.27. The second-order valence-corrected chi connectivity index (χ2v) is 5.36. The fourth-order valence-electron chi connectivity index (χ4n) is 1.81. The van der Waals surface area contributed by atoms with Gasteiger partial charge < -0.3 is 10.1 Å². The van der Waals surface area contributed by atoms with Gasteiger partial charge in [0.2, 0.25) is 5.88 Å². The molecule has 2 rings (SSSR count). The number of aromatic nitrogens is 2. The Hall–Kier alpha value is -1.62. The average Bonchev–Trinajstić information content (AvgIpc) is 2.49. The first-order chi connectivity index (χ1) is 9.65. The fourth-order valence-corrected chi connectivity index (χ4v) is 2.29. The largest absolute Gasteiger partial charge is 0.438 e. The second kappa shape index (κ2) is 6.70. The Morgan fingerprint density at radius 2 is 1.95 bits per heavy atom. The smallest absolute Gasteiger partial charge is 0.238 e. The molecule has 0 amide bonds. The van der Waals surface area contributed by atoms with Crippen molar-refractivity contribution < 1.29 is 4.74 Å². The number of hydrogen-bond acceptors (Lipinski definition) is 4. The lowest BCUT2D eigenvalue weighted by atomic mass is 9.99. The van der Waals surface area contributed by atoms with Gasteiger partial charge in [-0.3, -0.25) is 0 Å². The van der Waals surface area contributed by atoms with E-state index in [1.54, 1.807) is 7.05 Å². The number of halogens is 1. The van der Waals surface area contributed by atoms with E-state index in [1.807, 2.05) is 12.1 Å². The maximum absolute atomic E-state index is 5.78. The molecule has 1 atom stereocenters. The number of ether oxygens (including phenoxy) is 1. The Morgan fingerprint density at radius 3 is 2.55 bits per heavy atom. The van der Waals surface area contributed by atoms with Crippen molar-refractivity contribution in [3.05, 3.63) is 40.6 Å². The molecule has 0 spiro atoms. The normalized spacial score (nSPS) is 12.0. The van der Waals surface area contributed by atoms with E-state index in [2.05, 4.69) is 57.2 Å². The zero-order valence-corrected chi connectivity index (χ0v) is 13.4. The lowest BCUT2D eigenvalue weighted by Crippen LogP contribution is -1.98. The molecule has 106 valence electrons. The molecule has 5 heteroatoms. The Labute approximate surface area is 127 Å². The summed E-state index contributed by atoms with van der Waals surface area (Å²) in [6.45, 7) is 4.41. The monoisotopic (exact) mass is 335 g/mol. The molecule has 20 heavy (non-hydrogen) atoms. The number of nitrogens with one attached hydrogen (secondary N) is 1. The van der Waals surface area contributed by atoms with Crippen LogP contribution >= 0.6 is 15.9 Å². The van der Waals surface area contributed by atoms with Gasteiger partial charge in [0, 0.05) is 7.05 Å². The molecule has 1 unspecified atom stereocenters. The van der Waals surface area contributed by atoms with Crippen LogP contribution in [-0.2, 0) is 0 Å². The predicted molar refractivity (Wildman–Crippen MR) is 84.5 cm³/mol. The standard InChI is InChI=1S/C15H18BrN3O/c1-4-10(2)11-5-7-12(8-6-11)20-15-13(16)14(17-3)18-9-19-15/h5-10H,4H2,1-3H3,(H,17,18,19). The third-order valence-corrected chi connectivity index (χ3v) is 3.99. The molecule has 0 bridgehead atoms. The van der Waals surface area contributed by atoms with Gasteiger partial charge in [-0.05, 0) is 46.0 Å². The number of benzene rings is 1. The Balaban J connectivity index is 2.18. The third kappa shape index (κ3) is 3.28. The van der Waals surface area contributed by atoms with Crippen molar-refractivity contribution in [2.75, 3.05) is 12.4 Å². The van der Waals surface area contributed by atoms with Crippen LogP contribution in [0.2, 0.25) is 0 Å². The highest BCUT2D eigenvalue weighted by molar-refractivity contribution is 9.10. The van der Waals surface area contributed by atoms with E-state index in [0.29, 0.717) is 22.1 Å². The predicted octanol–water partition coefficient (Wildman–Crippen LogP) is 4.59. The van der Waals surface area contributed by atoms with E-state index in [4.69, 9.17) is 4.74 Å². The van der Waals surface area contributed by atoms with Crippen molar-refractivity contribution in [1.29, 1.82) is 0 Å². The van der Waals surface area contributed by atoms with E-state index < -0.39 is 0 Å². The highest BCUT2D eigenvalue weighted by Gasteiger charge is 2.10. The minimum atomic E-state index is 0.501. The molecular weight excluding hydrogens is 318 g/mol. The van der Waals surface area contributed by atoms with Crippen LogP contribution < -0.4 is 10.1 Å². The van der Waals surface area contributed by atoms with Crippen LogP contribution in [0.25, 0.3) is 0 Å². The molecule has 1 aromatic heterocycles. The summed E-state index contributed by atoms with van der Waals surface area (Å²) in [6, 6.07) is 8.12. The van der Waals surface area contributed by atoms with Gasteiger partial charge in [0.1, 0.15) is 22.4 Å².